The van der Waals surface area contributed by atoms with Crippen LogP contribution in [0.15, 0.2) is 11.1 Å². The molecule has 0 fully saturated rings. The van der Waals surface area contributed by atoms with E-state index in [9.17, 15) is 0 Å². The topological polar surface area (TPSA) is 0 Å². The van der Waals surface area contributed by atoms with Crippen molar-refractivity contribution in [2.24, 2.45) is 17.8 Å². The molecule has 2 rings (SSSR count). The van der Waals surface area contributed by atoms with Crippen LogP contribution in [0.2, 0.25) is 0 Å². The highest BCUT2D eigenvalue weighted by molar-refractivity contribution is 5.26. The van der Waals surface area contributed by atoms with Crippen molar-refractivity contribution < 1.29 is 0 Å². The van der Waals surface area contributed by atoms with Crippen molar-refractivity contribution in [1.29, 1.82) is 0 Å². The largest absolute Gasteiger partial charge is 0.0676 e. The Morgan fingerprint density at radius 2 is 1.46 bits per heavy atom. The maximum absolute atomic E-state index is 2.43. The van der Waals surface area contributed by atoms with Gasteiger partial charge in [0.2, 0.25) is 0 Å². The summed E-state index contributed by atoms with van der Waals surface area (Å²) in [4.78, 5) is 0. The van der Waals surface area contributed by atoms with Crippen molar-refractivity contribution in [3.63, 3.8) is 0 Å². The number of rotatable bonds is 0. The zero-order chi connectivity index (χ0) is 9.42. The van der Waals surface area contributed by atoms with Crippen LogP contribution in [-0.4, -0.2) is 0 Å². The molecule has 13 heavy (non-hydrogen) atoms. The summed E-state index contributed by atoms with van der Waals surface area (Å²) in [5.74, 6) is 2.68. The molecular weight excluding hydrogens is 156 g/mol. The van der Waals surface area contributed by atoms with Gasteiger partial charge in [0.25, 0.3) is 0 Å². The van der Waals surface area contributed by atoms with Crippen LogP contribution >= 0.6 is 0 Å². The molecule has 0 aliphatic heterocycles. The summed E-state index contributed by atoms with van der Waals surface area (Å²) in [5, 5.41) is 0. The average Bonchev–Trinajstić information content (AvgIpc) is 2.12. The monoisotopic (exact) mass is 178 g/mol. The summed E-state index contributed by atoms with van der Waals surface area (Å²) in [7, 11) is 0. The molecule has 0 amide bonds. The smallest absolute Gasteiger partial charge is 0.0226 e. The van der Waals surface area contributed by atoms with E-state index in [0.29, 0.717) is 0 Å². The van der Waals surface area contributed by atoms with E-state index in [4.69, 9.17) is 0 Å². The molecule has 0 saturated heterocycles. The summed E-state index contributed by atoms with van der Waals surface area (Å²) < 4.78 is 0. The van der Waals surface area contributed by atoms with E-state index in [2.05, 4.69) is 20.8 Å². The predicted molar refractivity (Wildman–Crippen MR) is 57.6 cm³/mol. The molecule has 0 saturated carbocycles. The molecule has 0 bridgehead atoms. The summed E-state index contributed by atoms with van der Waals surface area (Å²) >= 11 is 0. The first-order chi connectivity index (χ1) is 6.20. The maximum atomic E-state index is 2.43. The molecule has 0 aromatic carbocycles. The molecular formula is C13H22. The molecule has 3 unspecified atom stereocenters. The second-order valence-electron chi connectivity index (χ2n) is 5.15. The van der Waals surface area contributed by atoms with Crippen LogP contribution in [0.5, 0.6) is 0 Å². The number of hydrogen-bond acceptors (Lipinski definition) is 0. The highest BCUT2D eigenvalue weighted by Gasteiger charge is 2.29. The minimum absolute atomic E-state index is 0.890. The molecule has 0 radical (unpaired) electrons. The fourth-order valence-corrected chi connectivity index (χ4v) is 3.38. The Bertz CT molecular complexity index is 218. The summed E-state index contributed by atoms with van der Waals surface area (Å²) in [6.45, 7) is 7.30. The van der Waals surface area contributed by atoms with Crippen LogP contribution in [-0.2, 0) is 0 Å². The second kappa shape index (κ2) is 3.48. The molecule has 0 heteroatoms. The van der Waals surface area contributed by atoms with Gasteiger partial charge in [-0.3, -0.25) is 0 Å². The Balaban J connectivity index is 2.33. The number of allylic oxidation sites excluding steroid dienone is 2. The SMILES string of the molecule is CC1CCC(C)C2=C1CCCC2C. The van der Waals surface area contributed by atoms with Gasteiger partial charge in [-0.2, -0.15) is 0 Å². The van der Waals surface area contributed by atoms with Crippen molar-refractivity contribution in [3.05, 3.63) is 11.1 Å². The minimum Gasteiger partial charge on any atom is -0.0676 e. The molecule has 2 aliphatic carbocycles. The van der Waals surface area contributed by atoms with E-state index in [1.54, 1.807) is 0 Å². The van der Waals surface area contributed by atoms with Gasteiger partial charge in [-0.05, 0) is 49.9 Å². The van der Waals surface area contributed by atoms with Crippen LogP contribution in [0.1, 0.15) is 52.9 Å². The first kappa shape index (κ1) is 9.30. The summed E-state index contributed by atoms with van der Waals surface area (Å²) in [6, 6.07) is 0. The third-order valence-electron chi connectivity index (χ3n) is 4.14. The Morgan fingerprint density at radius 1 is 0.846 bits per heavy atom. The average molecular weight is 178 g/mol. The van der Waals surface area contributed by atoms with Gasteiger partial charge in [0.1, 0.15) is 0 Å². The van der Waals surface area contributed by atoms with Crippen molar-refractivity contribution in [2.75, 3.05) is 0 Å². The van der Waals surface area contributed by atoms with Crippen LogP contribution < -0.4 is 0 Å². The maximum Gasteiger partial charge on any atom is -0.0226 e. The summed E-state index contributed by atoms with van der Waals surface area (Å²) in [6.07, 6.45) is 7.16. The molecule has 2 aliphatic rings. The van der Waals surface area contributed by atoms with Crippen LogP contribution in [0, 0.1) is 17.8 Å². The van der Waals surface area contributed by atoms with Gasteiger partial charge in [0.15, 0.2) is 0 Å². The van der Waals surface area contributed by atoms with Crippen molar-refractivity contribution >= 4 is 0 Å². The van der Waals surface area contributed by atoms with Crippen LogP contribution in [0.4, 0.5) is 0 Å². The lowest BCUT2D eigenvalue weighted by Gasteiger charge is -2.37. The zero-order valence-electron chi connectivity index (χ0n) is 9.27. The standard InChI is InChI=1S/C13H22/c1-9-7-8-11(3)13-10(2)5-4-6-12(9)13/h9-11H,4-8H2,1-3H3. The number of hydrogen-bond donors (Lipinski definition) is 0. The second-order valence-corrected chi connectivity index (χ2v) is 5.15. The van der Waals surface area contributed by atoms with Gasteiger partial charge < -0.3 is 0 Å². The highest BCUT2D eigenvalue weighted by atomic mass is 14.3. The molecule has 0 aromatic rings. The van der Waals surface area contributed by atoms with Gasteiger partial charge in [0.05, 0.1) is 0 Å². The fraction of sp³-hybridized carbons (Fsp3) is 0.846. The van der Waals surface area contributed by atoms with Gasteiger partial charge in [-0.1, -0.05) is 31.9 Å². The van der Waals surface area contributed by atoms with E-state index >= 15 is 0 Å². The minimum atomic E-state index is 0.890. The quantitative estimate of drug-likeness (QED) is 0.488. The van der Waals surface area contributed by atoms with E-state index < -0.39 is 0 Å². The molecule has 0 spiro atoms. The molecule has 3 atom stereocenters. The zero-order valence-corrected chi connectivity index (χ0v) is 9.27. The van der Waals surface area contributed by atoms with Crippen molar-refractivity contribution in [3.8, 4) is 0 Å². The van der Waals surface area contributed by atoms with Gasteiger partial charge in [-0.15, -0.1) is 0 Å². The molecule has 0 nitrogen and oxygen atoms in total. The lowest BCUT2D eigenvalue weighted by Crippen LogP contribution is -2.23. The predicted octanol–water partition coefficient (Wildman–Crippen LogP) is 4.17. The molecule has 0 N–H and O–H groups in total. The van der Waals surface area contributed by atoms with E-state index in [1.165, 1.54) is 32.1 Å². The highest BCUT2D eigenvalue weighted by Crippen LogP contribution is 2.44. The van der Waals surface area contributed by atoms with E-state index in [0.717, 1.165) is 17.8 Å². The molecule has 0 aromatic heterocycles. The van der Waals surface area contributed by atoms with E-state index in [1.807, 2.05) is 11.1 Å². The Kier molecular flexibility index (Phi) is 2.49. The van der Waals surface area contributed by atoms with Crippen molar-refractivity contribution in [2.45, 2.75) is 52.9 Å². The van der Waals surface area contributed by atoms with Gasteiger partial charge in [-0.25, -0.2) is 0 Å². The van der Waals surface area contributed by atoms with Crippen LogP contribution in [0.25, 0.3) is 0 Å². The third kappa shape index (κ3) is 1.56. The Morgan fingerprint density at radius 3 is 2.15 bits per heavy atom. The van der Waals surface area contributed by atoms with Gasteiger partial charge >= 0.3 is 0 Å². The molecule has 74 valence electrons. The first-order valence-corrected chi connectivity index (χ1v) is 5.93. The fourth-order valence-electron chi connectivity index (χ4n) is 3.38. The first-order valence-electron chi connectivity index (χ1n) is 5.93. The van der Waals surface area contributed by atoms with Crippen molar-refractivity contribution in [1.82, 2.24) is 0 Å². The Labute approximate surface area is 82.4 Å². The molecule has 0 heterocycles. The van der Waals surface area contributed by atoms with E-state index in [-0.39, 0.29) is 0 Å². The van der Waals surface area contributed by atoms with Crippen LogP contribution in [0.3, 0.4) is 0 Å². The lowest BCUT2D eigenvalue weighted by atomic mass is 9.68. The third-order valence-corrected chi connectivity index (χ3v) is 4.14. The van der Waals surface area contributed by atoms with Gasteiger partial charge in [0, 0.05) is 0 Å². The lowest BCUT2D eigenvalue weighted by molar-refractivity contribution is 0.364. The summed E-state index contributed by atoms with van der Waals surface area (Å²) in [5.41, 5.74) is 3.70. The Hall–Kier alpha value is -0.260. The normalized spacial score (nSPS) is 40.4.